The molecule has 0 aliphatic carbocycles. The highest BCUT2D eigenvalue weighted by Crippen LogP contribution is 2.34. The van der Waals surface area contributed by atoms with Crippen molar-refractivity contribution in [1.29, 1.82) is 0 Å². The number of hydrazone groups is 1. The Morgan fingerprint density at radius 2 is 2.10 bits per heavy atom. The molecule has 7 nitrogen and oxygen atoms in total. The Kier molecular flexibility index (Phi) is 5.73. The first kappa shape index (κ1) is 19.7. The predicted molar refractivity (Wildman–Crippen MR) is 112 cm³/mol. The maximum Gasteiger partial charge on any atom is 0.253 e. The van der Waals surface area contributed by atoms with Crippen molar-refractivity contribution >= 4 is 35.0 Å². The van der Waals surface area contributed by atoms with Gasteiger partial charge in [-0.1, -0.05) is 35.5 Å². The number of nitrogens with zero attached hydrogens (tertiary/aromatic N) is 5. The fourth-order valence-corrected chi connectivity index (χ4v) is 4.16. The molecule has 0 radical (unpaired) electrons. The molecule has 29 heavy (non-hydrogen) atoms. The topological polar surface area (TPSA) is 76.5 Å². The van der Waals surface area contributed by atoms with Crippen LogP contribution in [-0.2, 0) is 4.79 Å². The molecule has 150 valence electrons. The van der Waals surface area contributed by atoms with Gasteiger partial charge in [0.2, 0.25) is 0 Å². The van der Waals surface area contributed by atoms with E-state index >= 15 is 0 Å². The third-order valence-electron chi connectivity index (χ3n) is 4.64. The van der Waals surface area contributed by atoms with E-state index in [-0.39, 0.29) is 23.7 Å². The number of hydrogen-bond donors (Lipinski definition) is 0. The highest BCUT2D eigenvalue weighted by Gasteiger charge is 2.34. The van der Waals surface area contributed by atoms with Gasteiger partial charge in [0, 0.05) is 17.5 Å². The van der Waals surface area contributed by atoms with Crippen molar-refractivity contribution in [3.05, 3.63) is 65.3 Å². The first-order valence-electron chi connectivity index (χ1n) is 9.24. The number of amides is 1. The van der Waals surface area contributed by atoms with Crippen LogP contribution in [0.2, 0.25) is 5.02 Å². The number of halogens is 1. The van der Waals surface area contributed by atoms with Crippen LogP contribution in [-0.4, -0.2) is 37.1 Å². The molecule has 3 aromatic rings. The molecule has 0 spiro atoms. The van der Waals surface area contributed by atoms with Crippen LogP contribution in [0.25, 0.3) is 0 Å². The third-order valence-corrected chi connectivity index (χ3v) is 5.83. The summed E-state index contributed by atoms with van der Waals surface area (Å²) in [5.74, 6) is 0.806. The number of furan rings is 1. The van der Waals surface area contributed by atoms with Crippen LogP contribution in [0, 0.1) is 0 Å². The van der Waals surface area contributed by atoms with Gasteiger partial charge in [0.15, 0.2) is 5.16 Å². The highest BCUT2D eigenvalue weighted by atomic mass is 35.5. The number of carbonyl (C=O) groups excluding carboxylic acids is 1. The summed E-state index contributed by atoms with van der Waals surface area (Å²) in [6.07, 6.45) is 3.86. The van der Waals surface area contributed by atoms with Crippen LogP contribution in [0.5, 0.6) is 0 Å². The van der Waals surface area contributed by atoms with Crippen LogP contribution >= 0.6 is 23.4 Å². The number of rotatable bonds is 6. The molecule has 2 aromatic heterocycles. The quantitative estimate of drug-likeness (QED) is 0.536. The minimum atomic E-state index is -0.272. The molecule has 1 atom stereocenters. The van der Waals surface area contributed by atoms with Gasteiger partial charge in [-0.3, -0.25) is 4.79 Å². The highest BCUT2D eigenvalue weighted by molar-refractivity contribution is 7.99. The number of thioether (sulfide) groups is 1. The molecule has 0 saturated carbocycles. The lowest BCUT2D eigenvalue weighted by molar-refractivity contribution is -0.130. The molecular formula is C20H20ClN5O2S. The molecule has 1 aliphatic rings. The molecule has 1 unspecified atom stereocenters. The van der Waals surface area contributed by atoms with Gasteiger partial charge in [-0.15, -0.1) is 10.2 Å². The Bertz CT molecular complexity index is 1010. The standard InChI is InChI=1S/C20H20ClN5O2S/c1-13(2)25-12-22-23-20(25)29-11-19(27)26-17(18-4-3-9-28-18)10-16(24-26)14-5-7-15(21)8-6-14/h3-9,12-13,17H,10-11H2,1-2H3. The maximum atomic E-state index is 13.0. The molecule has 0 fully saturated rings. The SMILES string of the molecule is CC(C)n1cnnc1SCC(=O)N1N=C(c2ccc(Cl)cc2)CC1c1ccco1. The molecule has 0 bridgehead atoms. The fourth-order valence-electron chi connectivity index (χ4n) is 3.14. The Morgan fingerprint density at radius 3 is 2.79 bits per heavy atom. The molecule has 9 heteroatoms. The zero-order valence-electron chi connectivity index (χ0n) is 16.0. The average Bonchev–Trinajstić information content (AvgIpc) is 3.46. The van der Waals surface area contributed by atoms with Gasteiger partial charge >= 0.3 is 0 Å². The molecule has 4 rings (SSSR count). The van der Waals surface area contributed by atoms with E-state index in [1.165, 1.54) is 16.8 Å². The molecule has 1 aliphatic heterocycles. The van der Waals surface area contributed by atoms with Crippen LogP contribution < -0.4 is 0 Å². The third kappa shape index (κ3) is 4.23. The summed E-state index contributed by atoms with van der Waals surface area (Å²) >= 11 is 7.35. The summed E-state index contributed by atoms with van der Waals surface area (Å²) in [6, 6.07) is 11.1. The number of hydrogen-bond acceptors (Lipinski definition) is 6. The van der Waals surface area contributed by atoms with Gasteiger partial charge in [-0.05, 0) is 43.7 Å². The van der Waals surface area contributed by atoms with Crippen molar-refractivity contribution in [2.45, 2.75) is 37.5 Å². The summed E-state index contributed by atoms with van der Waals surface area (Å²) in [6.45, 7) is 4.09. The zero-order chi connectivity index (χ0) is 20.4. The van der Waals surface area contributed by atoms with E-state index < -0.39 is 0 Å². The molecule has 3 heterocycles. The average molecular weight is 430 g/mol. The van der Waals surface area contributed by atoms with Crippen LogP contribution in [0.4, 0.5) is 0 Å². The molecule has 1 amide bonds. The second-order valence-corrected chi connectivity index (χ2v) is 8.31. The number of benzene rings is 1. The predicted octanol–water partition coefficient (Wildman–Crippen LogP) is 4.58. The van der Waals surface area contributed by atoms with E-state index in [9.17, 15) is 4.79 Å². The van der Waals surface area contributed by atoms with E-state index in [1.807, 2.05) is 54.8 Å². The summed E-state index contributed by atoms with van der Waals surface area (Å²) in [5.41, 5.74) is 1.76. The molecule has 0 N–H and O–H groups in total. The van der Waals surface area contributed by atoms with E-state index in [0.717, 1.165) is 11.3 Å². The van der Waals surface area contributed by atoms with Crippen molar-refractivity contribution in [3.8, 4) is 0 Å². The Morgan fingerprint density at radius 1 is 1.31 bits per heavy atom. The van der Waals surface area contributed by atoms with E-state index in [2.05, 4.69) is 15.3 Å². The largest absolute Gasteiger partial charge is 0.467 e. The van der Waals surface area contributed by atoms with Gasteiger partial charge in [-0.25, -0.2) is 5.01 Å². The van der Waals surface area contributed by atoms with Crippen LogP contribution in [0.1, 0.15) is 43.7 Å². The van der Waals surface area contributed by atoms with Gasteiger partial charge in [0.05, 0.1) is 17.7 Å². The normalized spacial score (nSPS) is 16.5. The van der Waals surface area contributed by atoms with Crippen molar-refractivity contribution in [2.24, 2.45) is 5.10 Å². The van der Waals surface area contributed by atoms with Crippen LogP contribution in [0.15, 0.2) is 63.7 Å². The first-order chi connectivity index (χ1) is 14.0. The minimum Gasteiger partial charge on any atom is -0.467 e. The molecule has 0 saturated heterocycles. The van der Waals surface area contributed by atoms with E-state index in [0.29, 0.717) is 22.4 Å². The van der Waals surface area contributed by atoms with E-state index in [1.54, 1.807) is 12.6 Å². The molecular weight excluding hydrogens is 410 g/mol. The minimum absolute atomic E-state index is 0.112. The van der Waals surface area contributed by atoms with Gasteiger partial charge in [0.1, 0.15) is 18.1 Å². The maximum absolute atomic E-state index is 13.0. The fraction of sp³-hybridized carbons (Fsp3) is 0.300. The lowest BCUT2D eigenvalue weighted by Crippen LogP contribution is -2.28. The van der Waals surface area contributed by atoms with Crippen molar-refractivity contribution < 1.29 is 9.21 Å². The Balaban J connectivity index is 1.55. The van der Waals surface area contributed by atoms with Crippen molar-refractivity contribution in [1.82, 2.24) is 19.8 Å². The number of carbonyl (C=O) groups is 1. The first-order valence-corrected chi connectivity index (χ1v) is 10.6. The lowest BCUT2D eigenvalue weighted by atomic mass is 10.0. The Labute approximate surface area is 177 Å². The smallest absolute Gasteiger partial charge is 0.253 e. The zero-order valence-corrected chi connectivity index (χ0v) is 17.6. The lowest BCUT2D eigenvalue weighted by Gasteiger charge is -2.19. The van der Waals surface area contributed by atoms with Gasteiger partial charge < -0.3 is 8.98 Å². The monoisotopic (exact) mass is 429 g/mol. The van der Waals surface area contributed by atoms with E-state index in [4.69, 9.17) is 16.0 Å². The summed E-state index contributed by atoms with van der Waals surface area (Å²) < 4.78 is 7.52. The van der Waals surface area contributed by atoms with Gasteiger partial charge in [0.25, 0.3) is 5.91 Å². The Hall–Kier alpha value is -2.58. The van der Waals surface area contributed by atoms with Gasteiger partial charge in [-0.2, -0.15) is 5.10 Å². The summed E-state index contributed by atoms with van der Waals surface area (Å²) in [7, 11) is 0. The van der Waals surface area contributed by atoms with Crippen molar-refractivity contribution in [3.63, 3.8) is 0 Å². The van der Waals surface area contributed by atoms with Crippen LogP contribution in [0.3, 0.4) is 0 Å². The summed E-state index contributed by atoms with van der Waals surface area (Å²) in [5, 5.41) is 15.6. The second-order valence-electron chi connectivity index (χ2n) is 6.93. The molecule has 1 aromatic carbocycles. The number of aromatic nitrogens is 3. The summed E-state index contributed by atoms with van der Waals surface area (Å²) in [4.78, 5) is 13.0. The second kappa shape index (κ2) is 8.42. The van der Waals surface area contributed by atoms with Crippen molar-refractivity contribution in [2.75, 3.05) is 5.75 Å².